The first kappa shape index (κ1) is 11.7. The second-order valence-corrected chi connectivity index (χ2v) is 4.26. The van der Waals surface area contributed by atoms with E-state index in [1.54, 1.807) is 6.07 Å². The van der Waals surface area contributed by atoms with Gasteiger partial charge in [0.1, 0.15) is 17.4 Å². The molecule has 1 heterocycles. The topological polar surface area (TPSA) is 37.9 Å². The Morgan fingerprint density at radius 2 is 1.95 bits per heavy atom. The lowest BCUT2D eigenvalue weighted by atomic mass is 10.3. The van der Waals surface area contributed by atoms with Crippen molar-refractivity contribution in [3.8, 4) is 5.75 Å². The summed E-state index contributed by atoms with van der Waals surface area (Å²) in [6.07, 6.45) is 0.658. The van der Waals surface area contributed by atoms with Crippen molar-refractivity contribution in [1.29, 1.82) is 0 Å². The Hall–Kier alpha value is -2.36. The molecule has 0 spiro atoms. The van der Waals surface area contributed by atoms with E-state index in [1.165, 1.54) is 12.1 Å². The number of rotatable bonds is 4. The number of aromatic amines is 1. The minimum Gasteiger partial charge on any atom is -0.493 e. The normalized spacial score (nSPS) is 10.8. The number of aromatic nitrogens is 2. The van der Waals surface area contributed by atoms with Gasteiger partial charge in [-0.1, -0.05) is 18.2 Å². The summed E-state index contributed by atoms with van der Waals surface area (Å²) in [6.45, 7) is 0.534. The Labute approximate surface area is 110 Å². The molecule has 0 saturated carbocycles. The van der Waals surface area contributed by atoms with Crippen molar-refractivity contribution in [2.45, 2.75) is 6.42 Å². The largest absolute Gasteiger partial charge is 0.493 e. The number of ether oxygens (including phenoxy) is 1. The van der Waals surface area contributed by atoms with Crippen LogP contribution < -0.4 is 4.74 Å². The van der Waals surface area contributed by atoms with E-state index in [0.717, 1.165) is 22.6 Å². The molecule has 0 fully saturated rings. The van der Waals surface area contributed by atoms with E-state index in [9.17, 15) is 4.39 Å². The van der Waals surface area contributed by atoms with Crippen molar-refractivity contribution < 1.29 is 9.13 Å². The minimum absolute atomic E-state index is 0.261. The van der Waals surface area contributed by atoms with Crippen LogP contribution >= 0.6 is 0 Å². The van der Waals surface area contributed by atoms with Crippen molar-refractivity contribution in [2.24, 2.45) is 0 Å². The van der Waals surface area contributed by atoms with Crippen LogP contribution in [0.4, 0.5) is 4.39 Å². The van der Waals surface area contributed by atoms with Crippen molar-refractivity contribution in [3.05, 3.63) is 60.2 Å². The number of fused-ring (bicyclic) bond motifs is 1. The smallest absolute Gasteiger partial charge is 0.125 e. The molecule has 3 aromatic rings. The Balaban J connectivity index is 1.65. The van der Waals surface area contributed by atoms with Crippen LogP contribution in [0.1, 0.15) is 5.82 Å². The first-order valence-electron chi connectivity index (χ1n) is 6.13. The van der Waals surface area contributed by atoms with Gasteiger partial charge in [-0.25, -0.2) is 9.37 Å². The molecule has 0 aliphatic carbocycles. The SMILES string of the molecule is Fc1ccc2nc(CCOc3ccccc3)[nH]c2c1. The summed E-state index contributed by atoms with van der Waals surface area (Å²) in [5, 5.41) is 0. The summed E-state index contributed by atoms with van der Waals surface area (Å²) in [5.41, 5.74) is 1.49. The van der Waals surface area contributed by atoms with E-state index in [0.29, 0.717) is 13.0 Å². The fraction of sp³-hybridized carbons (Fsp3) is 0.133. The average molecular weight is 256 g/mol. The first-order valence-corrected chi connectivity index (χ1v) is 6.13. The van der Waals surface area contributed by atoms with Crippen molar-refractivity contribution >= 4 is 11.0 Å². The van der Waals surface area contributed by atoms with Crippen LogP contribution in [0, 0.1) is 5.82 Å². The predicted octanol–water partition coefficient (Wildman–Crippen LogP) is 3.32. The molecule has 19 heavy (non-hydrogen) atoms. The molecule has 3 nitrogen and oxygen atoms in total. The zero-order valence-corrected chi connectivity index (χ0v) is 10.3. The van der Waals surface area contributed by atoms with E-state index < -0.39 is 0 Å². The third kappa shape index (κ3) is 2.73. The number of nitrogens with one attached hydrogen (secondary N) is 1. The Morgan fingerprint density at radius 1 is 1.11 bits per heavy atom. The number of hydrogen-bond donors (Lipinski definition) is 1. The van der Waals surface area contributed by atoms with Crippen molar-refractivity contribution in [3.63, 3.8) is 0 Å². The molecule has 0 aliphatic heterocycles. The monoisotopic (exact) mass is 256 g/mol. The van der Waals surface area contributed by atoms with Crippen LogP contribution in [0.25, 0.3) is 11.0 Å². The number of hydrogen-bond acceptors (Lipinski definition) is 2. The number of halogens is 1. The van der Waals surface area contributed by atoms with Gasteiger partial charge in [0, 0.05) is 6.42 Å². The summed E-state index contributed by atoms with van der Waals surface area (Å²) in [6, 6.07) is 14.2. The Morgan fingerprint density at radius 3 is 2.79 bits per heavy atom. The molecule has 0 radical (unpaired) electrons. The molecule has 0 atom stereocenters. The van der Waals surface area contributed by atoms with Gasteiger partial charge in [0.2, 0.25) is 0 Å². The van der Waals surface area contributed by atoms with Gasteiger partial charge >= 0.3 is 0 Å². The Kier molecular flexibility index (Phi) is 3.14. The number of para-hydroxylation sites is 1. The maximum Gasteiger partial charge on any atom is 0.125 e. The highest BCUT2D eigenvalue weighted by Gasteiger charge is 2.04. The first-order chi connectivity index (χ1) is 9.31. The second kappa shape index (κ2) is 5.10. The van der Waals surface area contributed by atoms with Crippen LogP contribution in [-0.4, -0.2) is 16.6 Å². The molecular formula is C15H13FN2O. The van der Waals surface area contributed by atoms with Gasteiger partial charge in [-0.2, -0.15) is 0 Å². The van der Waals surface area contributed by atoms with Crippen molar-refractivity contribution in [2.75, 3.05) is 6.61 Å². The van der Waals surface area contributed by atoms with Crippen LogP contribution in [0.5, 0.6) is 5.75 Å². The average Bonchev–Trinajstić information content (AvgIpc) is 2.82. The lowest BCUT2D eigenvalue weighted by Crippen LogP contribution is -2.02. The van der Waals surface area contributed by atoms with E-state index in [2.05, 4.69) is 9.97 Å². The van der Waals surface area contributed by atoms with Gasteiger partial charge in [-0.3, -0.25) is 0 Å². The maximum atomic E-state index is 13.0. The number of H-pyrrole nitrogens is 1. The molecular weight excluding hydrogens is 243 g/mol. The fourth-order valence-electron chi connectivity index (χ4n) is 1.94. The lowest BCUT2D eigenvalue weighted by molar-refractivity contribution is 0.319. The summed E-state index contributed by atoms with van der Waals surface area (Å²) in [7, 11) is 0. The molecule has 3 rings (SSSR count). The summed E-state index contributed by atoms with van der Waals surface area (Å²) in [5.74, 6) is 1.38. The molecule has 0 saturated heterocycles. The van der Waals surface area contributed by atoms with Gasteiger partial charge in [0.15, 0.2) is 0 Å². The number of benzene rings is 2. The van der Waals surface area contributed by atoms with Crippen LogP contribution in [0.3, 0.4) is 0 Å². The van der Waals surface area contributed by atoms with Gasteiger partial charge < -0.3 is 9.72 Å². The summed E-state index contributed by atoms with van der Waals surface area (Å²) >= 11 is 0. The lowest BCUT2D eigenvalue weighted by Gasteiger charge is -2.03. The molecule has 0 unspecified atom stereocenters. The van der Waals surface area contributed by atoms with E-state index in [1.807, 2.05) is 30.3 Å². The van der Waals surface area contributed by atoms with Crippen molar-refractivity contribution in [1.82, 2.24) is 9.97 Å². The molecule has 1 aromatic heterocycles. The van der Waals surface area contributed by atoms with E-state index in [-0.39, 0.29) is 5.82 Å². The van der Waals surface area contributed by atoms with Crippen LogP contribution in [0.2, 0.25) is 0 Å². The highest BCUT2D eigenvalue weighted by molar-refractivity contribution is 5.74. The molecule has 1 N–H and O–H groups in total. The maximum absolute atomic E-state index is 13.0. The zero-order valence-electron chi connectivity index (χ0n) is 10.3. The molecule has 4 heteroatoms. The third-order valence-corrected chi connectivity index (χ3v) is 2.84. The highest BCUT2D eigenvalue weighted by Crippen LogP contribution is 2.14. The summed E-state index contributed by atoms with van der Waals surface area (Å²) in [4.78, 5) is 7.47. The van der Waals surface area contributed by atoms with Gasteiger partial charge in [-0.05, 0) is 30.3 Å². The molecule has 0 amide bonds. The van der Waals surface area contributed by atoms with Gasteiger partial charge in [0.05, 0.1) is 17.6 Å². The predicted molar refractivity (Wildman–Crippen MR) is 71.7 cm³/mol. The van der Waals surface area contributed by atoms with Gasteiger partial charge in [-0.15, -0.1) is 0 Å². The van der Waals surface area contributed by atoms with Crippen LogP contribution in [0.15, 0.2) is 48.5 Å². The molecule has 0 bridgehead atoms. The molecule has 96 valence electrons. The number of nitrogens with zero attached hydrogens (tertiary/aromatic N) is 1. The quantitative estimate of drug-likeness (QED) is 0.777. The molecule has 0 aliphatic rings. The second-order valence-electron chi connectivity index (χ2n) is 4.26. The van der Waals surface area contributed by atoms with E-state index in [4.69, 9.17) is 4.74 Å². The van der Waals surface area contributed by atoms with E-state index >= 15 is 0 Å². The van der Waals surface area contributed by atoms with Gasteiger partial charge in [0.25, 0.3) is 0 Å². The standard InChI is InChI=1S/C15H13FN2O/c16-11-6-7-13-14(10-11)18-15(17-13)8-9-19-12-4-2-1-3-5-12/h1-7,10H,8-9H2,(H,17,18). The molecule has 2 aromatic carbocycles. The number of imidazole rings is 1. The highest BCUT2D eigenvalue weighted by atomic mass is 19.1. The fourth-order valence-corrected chi connectivity index (χ4v) is 1.94. The third-order valence-electron chi connectivity index (χ3n) is 2.84. The summed E-state index contributed by atoms with van der Waals surface area (Å²) < 4.78 is 18.6. The Bertz CT molecular complexity index is 679. The zero-order chi connectivity index (χ0) is 13.1. The van der Waals surface area contributed by atoms with Crippen LogP contribution in [-0.2, 0) is 6.42 Å². The minimum atomic E-state index is -0.261.